The molecule has 0 spiro atoms. The summed E-state index contributed by atoms with van der Waals surface area (Å²) in [5, 5.41) is 5.61. The molecule has 0 aliphatic carbocycles. The van der Waals surface area contributed by atoms with Crippen LogP contribution in [0.3, 0.4) is 0 Å². The summed E-state index contributed by atoms with van der Waals surface area (Å²) >= 11 is 19.5. The van der Waals surface area contributed by atoms with E-state index in [0.717, 1.165) is 10.2 Å². The number of aromatic nitrogens is 2. The number of ether oxygens (including phenoxy) is 1. The summed E-state index contributed by atoms with van der Waals surface area (Å²) in [6.07, 6.45) is 4.42. The van der Waals surface area contributed by atoms with Crippen LogP contribution in [0.1, 0.15) is 11.1 Å². The van der Waals surface area contributed by atoms with E-state index in [9.17, 15) is 9.59 Å². The van der Waals surface area contributed by atoms with Crippen LogP contribution in [-0.4, -0.2) is 21.8 Å². The Kier molecular flexibility index (Phi) is 8.61. The molecule has 0 aliphatic rings. The molecule has 0 radical (unpaired) electrons. The first kappa shape index (κ1) is 28.0. The van der Waals surface area contributed by atoms with E-state index in [2.05, 4.69) is 41.9 Å². The van der Waals surface area contributed by atoms with Crippen molar-refractivity contribution in [1.29, 1.82) is 0 Å². The highest BCUT2D eigenvalue weighted by Crippen LogP contribution is 2.33. The van der Waals surface area contributed by atoms with Crippen LogP contribution in [0.15, 0.2) is 110 Å². The minimum absolute atomic E-state index is 0.222. The molecule has 0 N–H and O–H groups in total. The molecular weight excluding hydrogens is 681 g/mol. The van der Waals surface area contributed by atoms with Gasteiger partial charge < -0.3 is 4.74 Å². The zero-order valence-electron chi connectivity index (χ0n) is 20.4. The summed E-state index contributed by atoms with van der Waals surface area (Å²) in [6, 6.07) is 24.7. The summed E-state index contributed by atoms with van der Waals surface area (Å²) in [4.78, 5) is 30.9. The molecule has 0 unspecified atom stereocenters. The van der Waals surface area contributed by atoms with Crippen LogP contribution >= 0.6 is 55.1 Å². The van der Waals surface area contributed by atoms with E-state index >= 15 is 0 Å². The molecule has 0 atom stereocenters. The normalized spacial score (nSPS) is 11.5. The van der Waals surface area contributed by atoms with Crippen LogP contribution in [0.2, 0.25) is 10.0 Å². The standard InChI is InChI=1S/C30H17Br2Cl2N3O3/c31-20-14-19(28(24(32)15-20)40-27(38)13-10-18-6-2-1-3-7-18)17-35-37-29(22-12-11-21(33)16-25(22)34)36-26-9-5-4-8-23(26)30(37)39/h1-17H/b13-10+,35-17?. The van der Waals surface area contributed by atoms with Gasteiger partial charge in [0, 0.05) is 26.7 Å². The minimum atomic E-state index is -0.584. The number of para-hydroxylation sites is 1. The zero-order valence-corrected chi connectivity index (χ0v) is 25.1. The number of esters is 1. The van der Waals surface area contributed by atoms with Crippen LogP contribution in [0.4, 0.5) is 0 Å². The maximum absolute atomic E-state index is 13.6. The number of fused-ring (bicyclic) bond motifs is 1. The summed E-state index contributed by atoms with van der Waals surface area (Å²) in [5.74, 6) is -0.137. The first-order chi connectivity index (χ1) is 19.3. The molecule has 10 heteroatoms. The predicted octanol–water partition coefficient (Wildman–Crippen LogP) is 8.40. The Morgan fingerprint density at radius 2 is 1.70 bits per heavy atom. The quantitative estimate of drug-likeness (QED) is 0.0774. The molecule has 5 aromatic rings. The number of nitrogens with zero attached hydrogens (tertiary/aromatic N) is 3. The molecule has 1 heterocycles. The molecule has 1 aromatic heterocycles. The Morgan fingerprint density at radius 3 is 2.48 bits per heavy atom. The molecule has 0 amide bonds. The third kappa shape index (κ3) is 6.26. The molecule has 0 bridgehead atoms. The Hall–Kier alpha value is -3.56. The lowest BCUT2D eigenvalue weighted by Crippen LogP contribution is -2.20. The van der Waals surface area contributed by atoms with Crippen molar-refractivity contribution in [3.05, 3.63) is 131 Å². The maximum atomic E-state index is 13.6. The molecule has 0 fully saturated rings. The third-order valence-electron chi connectivity index (χ3n) is 5.69. The number of carbonyl (C=O) groups excluding carboxylic acids is 1. The van der Waals surface area contributed by atoms with E-state index in [1.165, 1.54) is 12.3 Å². The van der Waals surface area contributed by atoms with Crippen LogP contribution in [-0.2, 0) is 4.79 Å². The van der Waals surface area contributed by atoms with Gasteiger partial charge in [-0.05, 0) is 70.0 Å². The summed E-state index contributed by atoms with van der Waals surface area (Å²) in [6.45, 7) is 0. The van der Waals surface area contributed by atoms with E-state index in [1.54, 1.807) is 60.7 Å². The summed E-state index contributed by atoms with van der Waals surface area (Å²) < 4.78 is 8.03. The fourth-order valence-electron chi connectivity index (χ4n) is 3.84. The first-order valence-corrected chi connectivity index (χ1v) is 14.1. The molecule has 40 heavy (non-hydrogen) atoms. The van der Waals surface area contributed by atoms with Gasteiger partial charge in [0.2, 0.25) is 0 Å². The van der Waals surface area contributed by atoms with E-state index < -0.39 is 11.5 Å². The molecule has 198 valence electrons. The van der Waals surface area contributed by atoms with Crippen LogP contribution < -0.4 is 10.3 Å². The number of halogens is 4. The Labute approximate surface area is 255 Å². The molecule has 0 saturated heterocycles. The van der Waals surface area contributed by atoms with Crippen molar-refractivity contribution in [2.24, 2.45) is 5.10 Å². The van der Waals surface area contributed by atoms with Gasteiger partial charge in [-0.2, -0.15) is 9.78 Å². The van der Waals surface area contributed by atoms with Crippen molar-refractivity contribution >= 4 is 84.2 Å². The van der Waals surface area contributed by atoms with Crippen molar-refractivity contribution in [3.63, 3.8) is 0 Å². The third-order valence-corrected chi connectivity index (χ3v) is 7.28. The average molecular weight is 698 g/mol. The summed E-state index contributed by atoms with van der Waals surface area (Å²) in [7, 11) is 0. The number of benzene rings is 4. The fourth-order valence-corrected chi connectivity index (χ4v) is 5.68. The molecule has 5 rings (SSSR count). The second-order valence-electron chi connectivity index (χ2n) is 8.41. The highest BCUT2D eigenvalue weighted by molar-refractivity contribution is 9.11. The van der Waals surface area contributed by atoms with Gasteiger partial charge in [0.05, 0.1) is 26.6 Å². The van der Waals surface area contributed by atoms with Gasteiger partial charge in [0.15, 0.2) is 11.6 Å². The fraction of sp³-hybridized carbons (Fsp3) is 0. The predicted molar refractivity (Wildman–Crippen MR) is 167 cm³/mol. The molecule has 0 saturated carbocycles. The van der Waals surface area contributed by atoms with Gasteiger partial charge in [-0.3, -0.25) is 4.79 Å². The van der Waals surface area contributed by atoms with E-state index in [0.29, 0.717) is 41.0 Å². The lowest BCUT2D eigenvalue weighted by Gasteiger charge is -2.12. The largest absolute Gasteiger partial charge is 0.421 e. The molecule has 0 aliphatic heterocycles. The Balaban J connectivity index is 1.59. The Morgan fingerprint density at radius 1 is 0.950 bits per heavy atom. The van der Waals surface area contributed by atoms with E-state index in [-0.39, 0.29) is 11.6 Å². The highest BCUT2D eigenvalue weighted by atomic mass is 79.9. The van der Waals surface area contributed by atoms with Crippen molar-refractivity contribution in [2.45, 2.75) is 0 Å². The minimum Gasteiger partial charge on any atom is -0.421 e. The maximum Gasteiger partial charge on any atom is 0.336 e. The van der Waals surface area contributed by atoms with Crippen molar-refractivity contribution in [2.75, 3.05) is 0 Å². The number of hydrogen-bond acceptors (Lipinski definition) is 5. The van der Waals surface area contributed by atoms with Crippen molar-refractivity contribution < 1.29 is 9.53 Å². The second kappa shape index (κ2) is 12.3. The lowest BCUT2D eigenvalue weighted by molar-refractivity contribution is -0.128. The first-order valence-electron chi connectivity index (χ1n) is 11.8. The lowest BCUT2D eigenvalue weighted by atomic mass is 10.2. The van der Waals surface area contributed by atoms with Gasteiger partial charge in [-0.15, -0.1) is 0 Å². The number of carbonyl (C=O) groups is 1. The topological polar surface area (TPSA) is 73.5 Å². The summed E-state index contributed by atoms with van der Waals surface area (Å²) in [5.41, 5.74) is 1.84. The van der Waals surface area contributed by atoms with Crippen LogP contribution in [0.5, 0.6) is 5.75 Å². The van der Waals surface area contributed by atoms with Crippen LogP contribution in [0, 0.1) is 0 Å². The van der Waals surface area contributed by atoms with Gasteiger partial charge >= 0.3 is 5.97 Å². The Bertz CT molecular complexity index is 1870. The average Bonchev–Trinajstić information content (AvgIpc) is 2.93. The molecule has 4 aromatic carbocycles. The monoisotopic (exact) mass is 695 g/mol. The highest BCUT2D eigenvalue weighted by Gasteiger charge is 2.17. The van der Waals surface area contributed by atoms with E-state index in [1.807, 2.05) is 30.3 Å². The van der Waals surface area contributed by atoms with E-state index in [4.69, 9.17) is 27.9 Å². The molecular formula is C30H17Br2Cl2N3O3. The van der Waals surface area contributed by atoms with Gasteiger partial charge in [0.25, 0.3) is 5.56 Å². The van der Waals surface area contributed by atoms with Crippen LogP contribution in [0.25, 0.3) is 28.4 Å². The van der Waals surface area contributed by atoms with Gasteiger partial charge in [-0.1, -0.05) is 81.6 Å². The van der Waals surface area contributed by atoms with Crippen molar-refractivity contribution in [3.8, 4) is 17.1 Å². The van der Waals surface area contributed by atoms with Gasteiger partial charge in [0.1, 0.15) is 0 Å². The second-order valence-corrected chi connectivity index (χ2v) is 11.0. The zero-order chi connectivity index (χ0) is 28.2. The smallest absolute Gasteiger partial charge is 0.336 e. The number of hydrogen-bond donors (Lipinski definition) is 0. The SMILES string of the molecule is O=C(/C=C/c1ccccc1)Oc1c(Br)cc(Br)cc1C=Nn1c(-c2ccc(Cl)cc2Cl)nc2ccccc2c1=O. The van der Waals surface area contributed by atoms with Crippen molar-refractivity contribution in [1.82, 2.24) is 9.66 Å². The van der Waals surface area contributed by atoms with Gasteiger partial charge in [-0.25, -0.2) is 9.78 Å². The molecule has 6 nitrogen and oxygen atoms in total. The number of rotatable bonds is 6.